The predicted molar refractivity (Wildman–Crippen MR) is 91.2 cm³/mol. The second kappa shape index (κ2) is 6.52. The van der Waals surface area contributed by atoms with Crippen molar-refractivity contribution in [2.24, 2.45) is 0 Å². The largest absolute Gasteiger partial charge is 0.349 e. The van der Waals surface area contributed by atoms with E-state index >= 15 is 0 Å². The third kappa shape index (κ3) is 3.60. The molecule has 6 heteroatoms. The molecule has 0 atom stereocenters. The summed E-state index contributed by atoms with van der Waals surface area (Å²) in [6.45, 7) is 1.37. The second-order valence-corrected chi connectivity index (χ2v) is 7.58. The first-order chi connectivity index (χ1) is 10.1. The van der Waals surface area contributed by atoms with Crippen LogP contribution in [-0.4, -0.2) is 30.9 Å². The first-order valence-electron chi connectivity index (χ1n) is 7.12. The first kappa shape index (κ1) is 15.7. The summed E-state index contributed by atoms with van der Waals surface area (Å²) in [6, 6.07) is 5.97. The van der Waals surface area contributed by atoms with Crippen molar-refractivity contribution in [3.8, 4) is 0 Å². The summed E-state index contributed by atoms with van der Waals surface area (Å²) in [5.41, 5.74) is 0.690. The monoisotopic (exact) mass is 465 g/mol. The Balaban J connectivity index is 1.60. The van der Waals surface area contributed by atoms with E-state index in [4.69, 9.17) is 9.47 Å². The van der Waals surface area contributed by atoms with Crippen LogP contribution in [0.15, 0.2) is 22.7 Å². The smallest absolute Gasteiger partial charge is 0.252 e. The number of rotatable bonds is 2. The lowest BCUT2D eigenvalue weighted by Gasteiger charge is -2.35. The molecule has 1 amide bonds. The maximum Gasteiger partial charge on any atom is 0.252 e. The van der Waals surface area contributed by atoms with Crippen molar-refractivity contribution in [2.75, 3.05) is 13.2 Å². The van der Waals surface area contributed by atoms with Gasteiger partial charge in [0.15, 0.2) is 5.79 Å². The molecule has 3 rings (SSSR count). The Labute approximate surface area is 146 Å². The van der Waals surface area contributed by atoms with Gasteiger partial charge in [0.05, 0.1) is 18.8 Å². The van der Waals surface area contributed by atoms with Gasteiger partial charge in [0.2, 0.25) is 0 Å². The van der Waals surface area contributed by atoms with Gasteiger partial charge in [0, 0.05) is 26.9 Å². The van der Waals surface area contributed by atoms with Gasteiger partial charge in [-0.1, -0.05) is 0 Å². The Kier molecular flexibility index (Phi) is 4.87. The molecule has 1 saturated carbocycles. The highest BCUT2D eigenvalue weighted by atomic mass is 127. The molecule has 114 valence electrons. The number of ether oxygens (including phenoxy) is 2. The molecule has 1 aromatic carbocycles. The fourth-order valence-electron chi connectivity index (χ4n) is 2.92. The van der Waals surface area contributed by atoms with E-state index in [9.17, 15) is 4.79 Å². The molecule has 0 unspecified atom stereocenters. The van der Waals surface area contributed by atoms with Crippen molar-refractivity contribution in [1.29, 1.82) is 0 Å². The lowest BCUT2D eigenvalue weighted by atomic mass is 9.90. The molecule has 21 heavy (non-hydrogen) atoms. The van der Waals surface area contributed by atoms with Gasteiger partial charge in [-0.2, -0.15) is 0 Å². The van der Waals surface area contributed by atoms with Gasteiger partial charge in [-0.3, -0.25) is 4.79 Å². The van der Waals surface area contributed by atoms with Crippen molar-refractivity contribution >= 4 is 44.4 Å². The number of hydrogen-bond donors (Lipinski definition) is 1. The molecular formula is C15H17BrINO3. The van der Waals surface area contributed by atoms with E-state index in [1.807, 2.05) is 18.2 Å². The van der Waals surface area contributed by atoms with E-state index in [2.05, 4.69) is 43.8 Å². The molecule has 1 saturated heterocycles. The summed E-state index contributed by atoms with van der Waals surface area (Å²) < 4.78 is 13.3. The van der Waals surface area contributed by atoms with Crippen LogP contribution in [-0.2, 0) is 9.47 Å². The molecule has 0 aromatic heterocycles. The maximum atomic E-state index is 12.4. The number of hydrogen-bond acceptors (Lipinski definition) is 3. The van der Waals surface area contributed by atoms with Crippen LogP contribution in [0.3, 0.4) is 0 Å². The zero-order chi connectivity index (χ0) is 14.9. The highest BCUT2D eigenvalue weighted by Crippen LogP contribution is 2.35. The Morgan fingerprint density at radius 1 is 1.29 bits per heavy atom. The van der Waals surface area contributed by atoms with E-state index in [0.717, 1.165) is 33.7 Å². The van der Waals surface area contributed by atoms with Gasteiger partial charge in [-0.15, -0.1) is 0 Å². The van der Waals surface area contributed by atoms with E-state index in [0.29, 0.717) is 18.8 Å². The Bertz CT molecular complexity index is 536. The van der Waals surface area contributed by atoms with Gasteiger partial charge in [0.1, 0.15) is 0 Å². The van der Waals surface area contributed by atoms with Crippen LogP contribution < -0.4 is 5.32 Å². The first-order valence-corrected chi connectivity index (χ1v) is 8.99. The Hall–Kier alpha value is -0.180. The van der Waals surface area contributed by atoms with Crippen LogP contribution in [0.4, 0.5) is 0 Å². The average Bonchev–Trinajstić information content (AvgIpc) is 2.93. The second-order valence-electron chi connectivity index (χ2n) is 5.48. The van der Waals surface area contributed by atoms with Crippen LogP contribution in [0.25, 0.3) is 0 Å². The van der Waals surface area contributed by atoms with E-state index in [1.165, 1.54) is 0 Å². The maximum absolute atomic E-state index is 12.4. The van der Waals surface area contributed by atoms with Gasteiger partial charge in [0.25, 0.3) is 5.91 Å². The minimum Gasteiger partial charge on any atom is -0.349 e. The average molecular weight is 466 g/mol. The minimum atomic E-state index is -0.371. The van der Waals surface area contributed by atoms with Crippen molar-refractivity contribution in [3.63, 3.8) is 0 Å². The molecular weight excluding hydrogens is 449 g/mol. The quantitative estimate of drug-likeness (QED) is 0.680. The van der Waals surface area contributed by atoms with Crippen molar-refractivity contribution in [3.05, 3.63) is 31.8 Å². The molecule has 1 aliphatic carbocycles. The van der Waals surface area contributed by atoms with Crippen molar-refractivity contribution in [1.82, 2.24) is 5.32 Å². The third-order valence-corrected chi connectivity index (χ3v) is 5.43. The van der Waals surface area contributed by atoms with Crippen LogP contribution in [0.1, 0.15) is 36.0 Å². The van der Waals surface area contributed by atoms with Crippen LogP contribution in [0, 0.1) is 3.57 Å². The topological polar surface area (TPSA) is 47.6 Å². The fraction of sp³-hybridized carbons (Fsp3) is 0.533. The summed E-state index contributed by atoms with van der Waals surface area (Å²) in [6.07, 6.45) is 3.50. The normalized spacial score (nSPS) is 21.6. The lowest BCUT2D eigenvalue weighted by Crippen LogP contribution is -2.44. The zero-order valence-corrected chi connectivity index (χ0v) is 15.3. The highest BCUT2D eigenvalue weighted by Gasteiger charge is 2.40. The van der Waals surface area contributed by atoms with Crippen LogP contribution >= 0.6 is 38.5 Å². The summed E-state index contributed by atoms with van der Waals surface area (Å²) in [5, 5.41) is 3.13. The fourth-order valence-corrected chi connectivity index (χ4v) is 3.84. The summed E-state index contributed by atoms with van der Waals surface area (Å²) in [4.78, 5) is 12.4. The standard InChI is InChI=1S/C15H17BrINO3/c16-13-2-1-10(17)9-12(13)14(19)18-11-3-5-15(6-4-11)20-7-8-21-15/h1-2,9,11H,3-8H2,(H,18,19). The van der Waals surface area contributed by atoms with Gasteiger partial charge >= 0.3 is 0 Å². The predicted octanol–water partition coefficient (Wildman–Crippen LogP) is 3.47. The van der Waals surface area contributed by atoms with E-state index in [-0.39, 0.29) is 17.7 Å². The number of halogens is 2. The Morgan fingerprint density at radius 3 is 2.62 bits per heavy atom. The molecule has 2 fully saturated rings. The highest BCUT2D eigenvalue weighted by molar-refractivity contribution is 14.1. The summed E-state index contributed by atoms with van der Waals surface area (Å²) in [5.74, 6) is -0.390. The number of amides is 1. The van der Waals surface area contributed by atoms with Crippen molar-refractivity contribution in [2.45, 2.75) is 37.5 Å². The molecule has 2 aliphatic rings. The number of carbonyl (C=O) groups excluding carboxylic acids is 1. The summed E-state index contributed by atoms with van der Waals surface area (Å²) >= 11 is 5.65. The third-order valence-electron chi connectivity index (χ3n) is 4.07. The van der Waals surface area contributed by atoms with E-state index in [1.54, 1.807) is 0 Å². The molecule has 0 radical (unpaired) electrons. The molecule has 1 aromatic rings. The zero-order valence-electron chi connectivity index (χ0n) is 11.5. The molecule has 4 nitrogen and oxygen atoms in total. The minimum absolute atomic E-state index is 0.0189. The number of benzene rings is 1. The summed E-state index contributed by atoms with van der Waals surface area (Å²) in [7, 11) is 0. The van der Waals surface area contributed by atoms with Crippen LogP contribution in [0.2, 0.25) is 0 Å². The number of nitrogens with one attached hydrogen (secondary N) is 1. The molecule has 1 spiro atoms. The van der Waals surface area contributed by atoms with Gasteiger partial charge in [-0.25, -0.2) is 0 Å². The van der Waals surface area contributed by atoms with E-state index < -0.39 is 0 Å². The van der Waals surface area contributed by atoms with Crippen molar-refractivity contribution < 1.29 is 14.3 Å². The number of carbonyl (C=O) groups is 1. The molecule has 1 aliphatic heterocycles. The molecule has 1 heterocycles. The van der Waals surface area contributed by atoms with Crippen LogP contribution in [0.5, 0.6) is 0 Å². The molecule has 0 bridgehead atoms. The molecule has 1 N–H and O–H groups in total. The SMILES string of the molecule is O=C(NC1CCC2(CC1)OCCO2)c1cc(I)ccc1Br. The Morgan fingerprint density at radius 2 is 1.95 bits per heavy atom. The van der Waals surface area contributed by atoms with Gasteiger partial charge in [-0.05, 0) is 69.6 Å². The van der Waals surface area contributed by atoms with Gasteiger partial charge < -0.3 is 14.8 Å². The lowest BCUT2D eigenvalue weighted by molar-refractivity contribution is -0.179.